The number of rotatable bonds is 8. The number of halogens is 1. The number of carbonyl (C=O) groups is 2. The molecule has 27 heavy (non-hydrogen) atoms. The van der Waals surface area contributed by atoms with E-state index in [0.29, 0.717) is 17.9 Å². The maximum Gasteiger partial charge on any atom is 0.354 e. The third-order valence-corrected chi connectivity index (χ3v) is 4.35. The van der Waals surface area contributed by atoms with Crippen LogP contribution >= 0.6 is 15.9 Å². The van der Waals surface area contributed by atoms with Gasteiger partial charge in [0.1, 0.15) is 17.2 Å². The number of amides is 1. The number of carbonyl (C=O) groups excluding carboxylic acids is 2. The standard InChI is InChI=1S/C21H22BrNO4/c1-3-4-9-20(24)23-18(21(25)26-2)14-15-10-12-16(13-11-15)27-19-8-6-5-7-17(19)22/h5-8,10-14H,3-4,9H2,1-2H3,(H,23,24)/b18-14-. The molecule has 0 aliphatic carbocycles. The molecule has 0 spiro atoms. The van der Waals surface area contributed by atoms with E-state index in [1.165, 1.54) is 7.11 Å². The van der Waals surface area contributed by atoms with Crippen molar-refractivity contribution in [3.05, 3.63) is 64.3 Å². The summed E-state index contributed by atoms with van der Waals surface area (Å²) in [5.41, 5.74) is 0.851. The van der Waals surface area contributed by atoms with Gasteiger partial charge in [0.05, 0.1) is 11.6 Å². The minimum absolute atomic E-state index is 0.109. The molecule has 2 aromatic rings. The van der Waals surface area contributed by atoms with Gasteiger partial charge in [0.15, 0.2) is 0 Å². The van der Waals surface area contributed by atoms with Gasteiger partial charge < -0.3 is 14.8 Å². The van der Waals surface area contributed by atoms with Crippen molar-refractivity contribution in [3.63, 3.8) is 0 Å². The SMILES string of the molecule is CCCCC(=O)N/C(=C\c1ccc(Oc2ccccc2Br)cc1)C(=O)OC. The Morgan fingerprint density at radius 1 is 1.11 bits per heavy atom. The molecule has 2 rings (SSSR count). The smallest absolute Gasteiger partial charge is 0.354 e. The first-order chi connectivity index (χ1) is 13.0. The Balaban J connectivity index is 2.13. The average molecular weight is 432 g/mol. The van der Waals surface area contributed by atoms with Gasteiger partial charge in [-0.15, -0.1) is 0 Å². The van der Waals surface area contributed by atoms with Crippen LogP contribution < -0.4 is 10.1 Å². The van der Waals surface area contributed by atoms with Crippen molar-refractivity contribution in [1.82, 2.24) is 5.32 Å². The first-order valence-electron chi connectivity index (χ1n) is 8.65. The average Bonchev–Trinajstić information content (AvgIpc) is 2.68. The number of unbranched alkanes of at least 4 members (excludes halogenated alkanes) is 1. The van der Waals surface area contributed by atoms with E-state index < -0.39 is 5.97 Å². The number of ether oxygens (including phenoxy) is 2. The van der Waals surface area contributed by atoms with E-state index in [9.17, 15) is 9.59 Å². The molecule has 6 heteroatoms. The predicted molar refractivity (Wildman–Crippen MR) is 108 cm³/mol. The zero-order valence-electron chi connectivity index (χ0n) is 15.3. The lowest BCUT2D eigenvalue weighted by atomic mass is 10.1. The molecule has 0 aliphatic rings. The number of methoxy groups -OCH3 is 1. The van der Waals surface area contributed by atoms with E-state index in [-0.39, 0.29) is 11.6 Å². The Bertz CT molecular complexity index is 815. The Morgan fingerprint density at radius 3 is 2.44 bits per heavy atom. The fourth-order valence-corrected chi connectivity index (χ4v) is 2.62. The first kappa shape index (κ1) is 20.7. The molecule has 5 nitrogen and oxygen atoms in total. The zero-order valence-corrected chi connectivity index (χ0v) is 16.9. The van der Waals surface area contributed by atoms with Gasteiger partial charge >= 0.3 is 5.97 Å². The summed E-state index contributed by atoms with van der Waals surface area (Å²) in [4.78, 5) is 23.9. The molecule has 0 heterocycles. The molecule has 1 amide bonds. The molecule has 0 saturated carbocycles. The Morgan fingerprint density at radius 2 is 1.81 bits per heavy atom. The summed E-state index contributed by atoms with van der Waals surface area (Å²) in [6.07, 6.45) is 3.62. The summed E-state index contributed by atoms with van der Waals surface area (Å²) in [6, 6.07) is 14.7. The van der Waals surface area contributed by atoms with Crippen LogP contribution in [0.5, 0.6) is 11.5 Å². The van der Waals surface area contributed by atoms with Gasteiger partial charge in [-0.25, -0.2) is 4.79 Å². The van der Waals surface area contributed by atoms with E-state index in [4.69, 9.17) is 9.47 Å². The molecule has 0 saturated heterocycles. The van der Waals surface area contributed by atoms with Gasteiger partial charge in [0, 0.05) is 6.42 Å². The number of para-hydroxylation sites is 1. The van der Waals surface area contributed by atoms with E-state index in [1.807, 2.05) is 31.2 Å². The van der Waals surface area contributed by atoms with E-state index in [1.54, 1.807) is 30.3 Å². The lowest BCUT2D eigenvalue weighted by Crippen LogP contribution is -2.27. The number of nitrogens with one attached hydrogen (secondary N) is 1. The van der Waals surface area contributed by atoms with Crippen molar-refractivity contribution >= 4 is 33.9 Å². The van der Waals surface area contributed by atoms with Crippen LogP contribution in [-0.4, -0.2) is 19.0 Å². The molecule has 0 unspecified atom stereocenters. The Labute approximate surface area is 167 Å². The maximum atomic E-state index is 11.9. The van der Waals surface area contributed by atoms with Crippen LogP contribution in [0.1, 0.15) is 31.7 Å². The highest BCUT2D eigenvalue weighted by Crippen LogP contribution is 2.29. The highest BCUT2D eigenvalue weighted by Gasteiger charge is 2.13. The molecule has 2 aromatic carbocycles. The van der Waals surface area contributed by atoms with Gasteiger partial charge in [-0.05, 0) is 58.3 Å². The highest BCUT2D eigenvalue weighted by molar-refractivity contribution is 9.10. The van der Waals surface area contributed by atoms with Crippen LogP contribution in [0.15, 0.2) is 58.7 Å². The molecular weight excluding hydrogens is 410 g/mol. The highest BCUT2D eigenvalue weighted by atomic mass is 79.9. The van der Waals surface area contributed by atoms with Crippen LogP contribution in [-0.2, 0) is 14.3 Å². The zero-order chi connectivity index (χ0) is 19.6. The number of esters is 1. The summed E-state index contributed by atoms with van der Waals surface area (Å²) in [5, 5.41) is 2.62. The van der Waals surface area contributed by atoms with Crippen molar-refractivity contribution in [2.24, 2.45) is 0 Å². The third kappa shape index (κ3) is 6.57. The second kappa shape index (κ2) is 10.5. The van der Waals surface area contributed by atoms with Crippen molar-refractivity contribution in [3.8, 4) is 11.5 Å². The van der Waals surface area contributed by atoms with Crippen molar-refractivity contribution < 1.29 is 19.1 Å². The van der Waals surface area contributed by atoms with E-state index >= 15 is 0 Å². The monoisotopic (exact) mass is 431 g/mol. The molecule has 0 radical (unpaired) electrons. The Hall–Kier alpha value is -2.60. The fraction of sp³-hybridized carbons (Fsp3) is 0.238. The summed E-state index contributed by atoms with van der Waals surface area (Å²) in [7, 11) is 1.28. The largest absolute Gasteiger partial charge is 0.464 e. The summed E-state index contributed by atoms with van der Waals surface area (Å²) >= 11 is 3.44. The third-order valence-electron chi connectivity index (χ3n) is 3.69. The van der Waals surface area contributed by atoms with Gasteiger partial charge in [-0.3, -0.25) is 4.79 Å². The molecule has 0 aromatic heterocycles. The van der Waals surface area contributed by atoms with Crippen LogP contribution in [0.4, 0.5) is 0 Å². The molecular formula is C21H22BrNO4. The maximum absolute atomic E-state index is 11.9. The van der Waals surface area contributed by atoms with Gasteiger partial charge in [0.2, 0.25) is 5.91 Å². The predicted octanol–water partition coefficient (Wildman–Crippen LogP) is 5.06. The second-order valence-corrected chi connectivity index (χ2v) is 6.66. The van der Waals surface area contributed by atoms with Crippen LogP contribution in [0, 0.1) is 0 Å². The van der Waals surface area contributed by atoms with Gasteiger partial charge in [-0.1, -0.05) is 37.6 Å². The second-order valence-electron chi connectivity index (χ2n) is 5.80. The fourth-order valence-electron chi connectivity index (χ4n) is 2.26. The van der Waals surface area contributed by atoms with Crippen molar-refractivity contribution in [1.29, 1.82) is 0 Å². The van der Waals surface area contributed by atoms with Crippen molar-refractivity contribution in [2.75, 3.05) is 7.11 Å². The molecule has 142 valence electrons. The summed E-state index contributed by atoms with van der Waals surface area (Å²) in [5.74, 6) is 0.570. The lowest BCUT2D eigenvalue weighted by molar-refractivity contribution is -0.137. The molecule has 0 atom stereocenters. The molecule has 1 N–H and O–H groups in total. The topological polar surface area (TPSA) is 64.6 Å². The van der Waals surface area contributed by atoms with Gasteiger partial charge in [-0.2, -0.15) is 0 Å². The minimum atomic E-state index is -0.589. The van der Waals surface area contributed by atoms with Crippen LogP contribution in [0.2, 0.25) is 0 Å². The Kier molecular flexibility index (Phi) is 8.07. The first-order valence-corrected chi connectivity index (χ1v) is 9.45. The number of hydrogen-bond donors (Lipinski definition) is 1. The normalized spacial score (nSPS) is 11.0. The van der Waals surface area contributed by atoms with E-state index in [2.05, 4.69) is 21.2 Å². The molecule has 0 bridgehead atoms. The minimum Gasteiger partial charge on any atom is -0.464 e. The van der Waals surface area contributed by atoms with E-state index in [0.717, 1.165) is 22.9 Å². The van der Waals surface area contributed by atoms with Crippen LogP contribution in [0.3, 0.4) is 0 Å². The molecule has 0 fully saturated rings. The molecule has 0 aliphatic heterocycles. The number of hydrogen-bond acceptors (Lipinski definition) is 4. The summed E-state index contributed by atoms with van der Waals surface area (Å²) in [6.45, 7) is 2.00. The summed E-state index contributed by atoms with van der Waals surface area (Å²) < 4.78 is 11.4. The van der Waals surface area contributed by atoms with Crippen LogP contribution in [0.25, 0.3) is 6.08 Å². The quantitative estimate of drug-likeness (QED) is 0.468. The number of benzene rings is 2. The lowest BCUT2D eigenvalue weighted by Gasteiger charge is -2.09. The van der Waals surface area contributed by atoms with Crippen molar-refractivity contribution in [2.45, 2.75) is 26.2 Å². The van der Waals surface area contributed by atoms with Gasteiger partial charge in [0.25, 0.3) is 0 Å².